The number of nitrogens with zero attached hydrogens (tertiary/aromatic N) is 2. The number of aliphatic hydroxyl groups excluding tert-OH is 1. The van der Waals surface area contributed by atoms with Crippen molar-refractivity contribution in [3.8, 4) is 11.5 Å². The first-order valence-electron chi connectivity index (χ1n) is 10.3. The van der Waals surface area contributed by atoms with Gasteiger partial charge in [-0.05, 0) is 42.8 Å². The summed E-state index contributed by atoms with van der Waals surface area (Å²) >= 11 is 0. The summed E-state index contributed by atoms with van der Waals surface area (Å²) in [6, 6.07) is 12.7. The van der Waals surface area contributed by atoms with Crippen LogP contribution in [-0.4, -0.2) is 40.7 Å². The molecular weight excluding hydrogens is 380 g/mol. The van der Waals surface area contributed by atoms with Gasteiger partial charge in [0.1, 0.15) is 23.0 Å². The molecule has 1 aromatic carbocycles. The number of ether oxygens (including phenoxy) is 1. The van der Waals surface area contributed by atoms with E-state index in [4.69, 9.17) is 4.74 Å². The summed E-state index contributed by atoms with van der Waals surface area (Å²) in [7, 11) is 1.56. The maximum absolute atomic E-state index is 11.7. The van der Waals surface area contributed by atoms with Crippen LogP contribution in [-0.2, 0) is 0 Å². The monoisotopic (exact) mass is 410 g/mol. The lowest BCUT2D eigenvalue weighted by atomic mass is 10.1. The molecule has 160 valence electrons. The first-order chi connectivity index (χ1) is 14.6. The second-order valence-electron chi connectivity index (χ2n) is 6.42. The minimum atomic E-state index is -0.266. The van der Waals surface area contributed by atoms with E-state index in [-0.39, 0.29) is 18.6 Å². The quantitative estimate of drug-likeness (QED) is 0.510. The number of hydrogen-bond acceptors (Lipinski definition) is 6. The number of aliphatic hydroxyl groups is 1. The molecule has 0 spiro atoms. The van der Waals surface area contributed by atoms with E-state index in [1.807, 2.05) is 44.2 Å². The Labute approximate surface area is 177 Å². The zero-order chi connectivity index (χ0) is 21.9. The molecule has 1 amide bonds. The number of nitrogens with one attached hydrogen (secondary N) is 2. The molecule has 0 fully saturated rings. The molecule has 30 heavy (non-hydrogen) atoms. The predicted molar refractivity (Wildman–Crippen MR) is 120 cm³/mol. The van der Waals surface area contributed by atoms with Gasteiger partial charge in [-0.3, -0.25) is 9.78 Å². The van der Waals surface area contributed by atoms with Crippen molar-refractivity contribution < 1.29 is 14.6 Å². The summed E-state index contributed by atoms with van der Waals surface area (Å²) in [5, 5.41) is 16.2. The average molecular weight is 411 g/mol. The lowest BCUT2D eigenvalue weighted by Gasteiger charge is -2.16. The lowest BCUT2D eigenvalue weighted by Crippen LogP contribution is -2.23. The summed E-state index contributed by atoms with van der Waals surface area (Å²) < 4.78 is 5.87. The molecule has 0 aliphatic carbocycles. The van der Waals surface area contributed by atoms with Gasteiger partial charge >= 0.3 is 0 Å². The number of amides is 1. The van der Waals surface area contributed by atoms with E-state index in [1.54, 1.807) is 19.2 Å². The Morgan fingerprint density at radius 3 is 2.60 bits per heavy atom. The number of carbonyl (C=O) groups is 1. The van der Waals surface area contributed by atoms with Crippen LogP contribution in [0.3, 0.4) is 0 Å². The zero-order valence-corrected chi connectivity index (χ0v) is 18.0. The lowest BCUT2D eigenvalue weighted by molar-refractivity contribution is 0.0958. The molecule has 0 bridgehead atoms. The molecule has 0 saturated heterocycles. The second-order valence-corrected chi connectivity index (χ2v) is 6.42. The van der Waals surface area contributed by atoms with Crippen LogP contribution in [0.4, 0.5) is 5.82 Å². The third-order valence-electron chi connectivity index (χ3n) is 4.30. The molecule has 0 unspecified atom stereocenters. The molecular formula is C23H30N4O3. The van der Waals surface area contributed by atoms with E-state index >= 15 is 0 Å². The van der Waals surface area contributed by atoms with Crippen molar-refractivity contribution in [1.82, 2.24) is 15.3 Å². The minimum absolute atomic E-state index is 0.00114. The largest absolute Gasteiger partial charge is 0.457 e. The van der Waals surface area contributed by atoms with E-state index in [0.717, 1.165) is 29.6 Å². The number of benzene rings is 1. The topological polar surface area (TPSA) is 96.4 Å². The predicted octanol–water partition coefficient (Wildman–Crippen LogP) is 4.38. The van der Waals surface area contributed by atoms with Crippen molar-refractivity contribution in [2.75, 3.05) is 19.0 Å². The Balaban J connectivity index is 0.00000155. The van der Waals surface area contributed by atoms with Gasteiger partial charge in [0.05, 0.1) is 18.2 Å². The van der Waals surface area contributed by atoms with Crippen LogP contribution < -0.4 is 15.4 Å². The highest BCUT2D eigenvalue weighted by atomic mass is 16.5. The van der Waals surface area contributed by atoms with Crippen molar-refractivity contribution >= 4 is 22.6 Å². The first-order valence-corrected chi connectivity index (χ1v) is 10.3. The summed E-state index contributed by atoms with van der Waals surface area (Å²) in [6.45, 7) is 6.16. The van der Waals surface area contributed by atoms with Gasteiger partial charge in [0.25, 0.3) is 5.91 Å². The van der Waals surface area contributed by atoms with Crippen molar-refractivity contribution in [1.29, 1.82) is 0 Å². The van der Waals surface area contributed by atoms with Crippen LogP contribution >= 0.6 is 0 Å². The van der Waals surface area contributed by atoms with Crippen LogP contribution in [0, 0.1) is 0 Å². The molecule has 0 aliphatic heterocycles. The number of rotatable bonds is 8. The van der Waals surface area contributed by atoms with E-state index in [0.29, 0.717) is 17.2 Å². The van der Waals surface area contributed by atoms with Gasteiger partial charge in [0.2, 0.25) is 0 Å². The molecule has 3 aromatic rings. The van der Waals surface area contributed by atoms with Gasteiger partial charge in [-0.1, -0.05) is 27.2 Å². The van der Waals surface area contributed by atoms with Crippen molar-refractivity contribution in [3.05, 3.63) is 54.4 Å². The van der Waals surface area contributed by atoms with Gasteiger partial charge in [0, 0.05) is 24.7 Å². The Morgan fingerprint density at radius 1 is 1.13 bits per heavy atom. The number of anilines is 1. The smallest absolute Gasteiger partial charge is 0.269 e. The Kier molecular flexibility index (Phi) is 9.03. The first kappa shape index (κ1) is 23.1. The molecule has 7 nitrogen and oxygen atoms in total. The zero-order valence-electron chi connectivity index (χ0n) is 18.0. The Hall–Kier alpha value is -3.19. The summed E-state index contributed by atoms with van der Waals surface area (Å²) in [4.78, 5) is 20.3. The van der Waals surface area contributed by atoms with Crippen LogP contribution in [0.2, 0.25) is 0 Å². The van der Waals surface area contributed by atoms with Crippen LogP contribution in [0.1, 0.15) is 44.1 Å². The number of carbonyl (C=O) groups excluding carboxylic acids is 1. The van der Waals surface area contributed by atoms with Gasteiger partial charge in [-0.15, -0.1) is 0 Å². The van der Waals surface area contributed by atoms with Gasteiger partial charge in [-0.2, -0.15) is 0 Å². The molecule has 0 aliphatic rings. The van der Waals surface area contributed by atoms with Crippen molar-refractivity contribution in [3.63, 3.8) is 0 Å². The second kappa shape index (κ2) is 11.7. The molecule has 3 N–H and O–H groups in total. The van der Waals surface area contributed by atoms with Gasteiger partial charge in [0.15, 0.2) is 0 Å². The molecule has 7 heteroatoms. The fourth-order valence-electron chi connectivity index (χ4n) is 2.88. The Morgan fingerprint density at radius 2 is 1.90 bits per heavy atom. The summed E-state index contributed by atoms with van der Waals surface area (Å²) in [6.07, 6.45) is 3.41. The fourth-order valence-corrected chi connectivity index (χ4v) is 2.88. The van der Waals surface area contributed by atoms with E-state index in [2.05, 4.69) is 27.5 Å². The molecule has 1 atom stereocenters. The SMILES string of the molecule is CC.CCC[C@@H](CO)Nc1ccc2cc(Oc3ccnc(C(=O)NC)c3)ccc2n1. The van der Waals surface area contributed by atoms with Crippen LogP contribution in [0.5, 0.6) is 11.5 Å². The molecule has 0 radical (unpaired) electrons. The normalized spacial score (nSPS) is 11.2. The highest BCUT2D eigenvalue weighted by molar-refractivity contribution is 5.92. The van der Waals surface area contributed by atoms with Crippen molar-refractivity contribution in [2.45, 2.75) is 39.7 Å². The van der Waals surface area contributed by atoms with Gasteiger partial charge in [-0.25, -0.2) is 4.98 Å². The van der Waals surface area contributed by atoms with Crippen LogP contribution in [0.25, 0.3) is 10.9 Å². The maximum atomic E-state index is 11.7. The van der Waals surface area contributed by atoms with Gasteiger partial charge < -0.3 is 20.5 Å². The maximum Gasteiger partial charge on any atom is 0.269 e. The van der Waals surface area contributed by atoms with E-state index in [9.17, 15) is 9.90 Å². The number of fused-ring (bicyclic) bond motifs is 1. The summed E-state index contributed by atoms with van der Waals surface area (Å²) in [5.41, 5.74) is 1.12. The standard InChI is InChI=1S/C21H24N4O3.C2H6/c1-3-4-15(13-26)24-20-8-5-14-11-16(6-7-18(14)25-20)28-17-9-10-23-19(12-17)21(27)22-2;1-2/h5-12,15,26H,3-4,13H2,1-2H3,(H,22,27)(H,24,25);1-2H3/t15-;/m0./s1. The van der Waals surface area contributed by atoms with E-state index in [1.165, 1.54) is 6.20 Å². The highest BCUT2D eigenvalue weighted by Crippen LogP contribution is 2.26. The minimum Gasteiger partial charge on any atom is -0.457 e. The third kappa shape index (κ3) is 6.15. The van der Waals surface area contributed by atoms with Crippen molar-refractivity contribution in [2.24, 2.45) is 0 Å². The summed E-state index contributed by atoms with van der Waals surface area (Å²) in [5.74, 6) is 1.64. The Bertz CT molecular complexity index is 962. The molecule has 2 heterocycles. The number of hydrogen-bond donors (Lipinski definition) is 3. The highest BCUT2D eigenvalue weighted by Gasteiger charge is 2.09. The number of aromatic nitrogens is 2. The molecule has 2 aromatic heterocycles. The molecule has 3 rings (SSSR count). The number of pyridine rings is 2. The van der Waals surface area contributed by atoms with E-state index < -0.39 is 0 Å². The fraction of sp³-hybridized carbons (Fsp3) is 0.348. The molecule has 0 saturated carbocycles. The third-order valence-corrected chi connectivity index (χ3v) is 4.30. The van der Waals surface area contributed by atoms with Crippen LogP contribution in [0.15, 0.2) is 48.7 Å². The average Bonchev–Trinajstić information content (AvgIpc) is 2.79.